The maximum Gasteiger partial charge on any atom is 0.277 e. The number of hydrogen-bond acceptors (Lipinski definition) is 7. The number of hydrazine groups is 1. The van der Waals surface area contributed by atoms with E-state index < -0.39 is 0 Å². The van der Waals surface area contributed by atoms with Crippen LogP contribution in [0.1, 0.15) is 33.1 Å². The predicted molar refractivity (Wildman–Crippen MR) is 105 cm³/mol. The van der Waals surface area contributed by atoms with Gasteiger partial charge in [0.25, 0.3) is 5.91 Å². The van der Waals surface area contributed by atoms with Gasteiger partial charge in [0, 0.05) is 41.5 Å². The summed E-state index contributed by atoms with van der Waals surface area (Å²) < 4.78 is 5.49. The quantitative estimate of drug-likeness (QED) is 0.643. The third-order valence-electron chi connectivity index (χ3n) is 4.53. The molecule has 0 saturated heterocycles. The van der Waals surface area contributed by atoms with Gasteiger partial charge in [0.05, 0.1) is 11.4 Å². The smallest absolute Gasteiger partial charge is 0.277 e. The molecule has 0 saturated carbocycles. The van der Waals surface area contributed by atoms with Crippen molar-refractivity contribution < 1.29 is 9.21 Å². The van der Waals surface area contributed by atoms with Crippen LogP contribution >= 0.6 is 0 Å². The van der Waals surface area contributed by atoms with Crippen LogP contribution in [0.2, 0.25) is 0 Å². The lowest BCUT2D eigenvalue weighted by molar-refractivity contribution is 0.102. The molecule has 0 aromatic carbocycles. The van der Waals surface area contributed by atoms with Crippen LogP contribution in [-0.2, 0) is 0 Å². The minimum absolute atomic E-state index is 0.199. The second kappa shape index (κ2) is 7.24. The summed E-state index contributed by atoms with van der Waals surface area (Å²) in [5, 5.41) is 2.92. The monoisotopic (exact) mass is 376 g/mol. The number of nitrogens with one attached hydrogen (secondary N) is 3. The SMILES string of the molecule is Cc1cc(-c2nc(C(=O)Nc3cc(C)c(C)nc3C3=CNNC3)co2)ccn1. The Balaban J connectivity index is 1.62. The molecule has 28 heavy (non-hydrogen) atoms. The van der Waals surface area contributed by atoms with Gasteiger partial charge in [-0.2, -0.15) is 0 Å². The molecular formula is C20H20N6O2. The number of oxazole rings is 1. The van der Waals surface area contributed by atoms with E-state index in [0.717, 1.165) is 33.8 Å². The lowest BCUT2D eigenvalue weighted by atomic mass is 10.1. The molecule has 8 heteroatoms. The first-order chi connectivity index (χ1) is 13.5. The summed E-state index contributed by atoms with van der Waals surface area (Å²) in [6.07, 6.45) is 4.87. The molecular weight excluding hydrogens is 356 g/mol. The summed E-state index contributed by atoms with van der Waals surface area (Å²) in [6.45, 7) is 6.41. The molecule has 0 fully saturated rings. The van der Waals surface area contributed by atoms with Crippen LogP contribution in [0.15, 0.2) is 41.3 Å². The fourth-order valence-electron chi connectivity index (χ4n) is 2.91. The number of aromatic nitrogens is 3. The average Bonchev–Trinajstić information content (AvgIpc) is 3.36. The highest BCUT2D eigenvalue weighted by Crippen LogP contribution is 2.26. The van der Waals surface area contributed by atoms with Gasteiger partial charge in [-0.15, -0.1) is 0 Å². The standard InChI is InChI=1S/C20H20N6O2/c1-11-6-16(18(24-13(11)3)15-8-22-23-9-15)25-19(27)17-10-28-20(26-17)14-4-5-21-12(2)7-14/h4-8,10,22-23H,9H2,1-3H3,(H,25,27). The van der Waals surface area contributed by atoms with Crippen molar-refractivity contribution >= 4 is 17.2 Å². The van der Waals surface area contributed by atoms with Crippen LogP contribution in [0.3, 0.4) is 0 Å². The summed E-state index contributed by atoms with van der Waals surface area (Å²) in [6, 6.07) is 5.56. The first kappa shape index (κ1) is 17.9. The predicted octanol–water partition coefficient (Wildman–Crippen LogP) is 2.76. The van der Waals surface area contributed by atoms with Crippen molar-refractivity contribution in [3.8, 4) is 11.5 Å². The molecule has 4 heterocycles. The van der Waals surface area contributed by atoms with Gasteiger partial charge < -0.3 is 15.2 Å². The molecule has 142 valence electrons. The molecule has 8 nitrogen and oxygen atoms in total. The lowest BCUT2D eigenvalue weighted by Crippen LogP contribution is -2.20. The number of hydrogen-bond donors (Lipinski definition) is 3. The Morgan fingerprint density at radius 2 is 2.07 bits per heavy atom. The van der Waals surface area contributed by atoms with Gasteiger partial charge in [-0.3, -0.25) is 14.8 Å². The van der Waals surface area contributed by atoms with E-state index in [0.29, 0.717) is 18.1 Å². The molecule has 3 N–H and O–H groups in total. The first-order valence-corrected chi connectivity index (χ1v) is 8.87. The normalized spacial score (nSPS) is 13.2. The first-order valence-electron chi connectivity index (χ1n) is 8.87. The Hall–Kier alpha value is -3.52. The zero-order valence-corrected chi connectivity index (χ0v) is 15.8. The van der Waals surface area contributed by atoms with Crippen molar-refractivity contribution in [1.29, 1.82) is 0 Å². The summed E-state index contributed by atoms with van der Waals surface area (Å²) >= 11 is 0. The summed E-state index contributed by atoms with van der Waals surface area (Å²) in [7, 11) is 0. The molecule has 1 aliphatic heterocycles. The number of carbonyl (C=O) groups excluding carboxylic acids is 1. The number of anilines is 1. The largest absolute Gasteiger partial charge is 0.444 e. The summed E-state index contributed by atoms with van der Waals surface area (Å²) in [5.74, 6) is 0.0209. The molecule has 0 aliphatic carbocycles. The number of carbonyl (C=O) groups is 1. The highest BCUT2D eigenvalue weighted by atomic mass is 16.3. The van der Waals surface area contributed by atoms with Crippen molar-refractivity contribution in [2.75, 3.05) is 11.9 Å². The zero-order valence-electron chi connectivity index (χ0n) is 15.8. The minimum Gasteiger partial charge on any atom is -0.444 e. The van der Waals surface area contributed by atoms with Gasteiger partial charge >= 0.3 is 0 Å². The van der Waals surface area contributed by atoms with E-state index >= 15 is 0 Å². The Morgan fingerprint density at radius 1 is 1.21 bits per heavy atom. The second-order valence-electron chi connectivity index (χ2n) is 6.63. The van der Waals surface area contributed by atoms with E-state index in [1.54, 1.807) is 12.3 Å². The zero-order chi connectivity index (χ0) is 19.7. The molecule has 1 amide bonds. The molecule has 3 aromatic heterocycles. The minimum atomic E-state index is -0.355. The topological polar surface area (TPSA) is 105 Å². The van der Waals surface area contributed by atoms with Crippen molar-refractivity contribution in [2.45, 2.75) is 20.8 Å². The van der Waals surface area contributed by atoms with Gasteiger partial charge in [-0.25, -0.2) is 10.4 Å². The lowest BCUT2D eigenvalue weighted by Gasteiger charge is -2.12. The van der Waals surface area contributed by atoms with Crippen LogP contribution in [0.4, 0.5) is 5.69 Å². The van der Waals surface area contributed by atoms with Crippen LogP contribution < -0.4 is 16.2 Å². The fourth-order valence-corrected chi connectivity index (χ4v) is 2.91. The van der Waals surface area contributed by atoms with Crippen molar-refractivity contribution in [3.63, 3.8) is 0 Å². The fraction of sp³-hybridized carbons (Fsp3) is 0.200. The van der Waals surface area contributed by atoms with Crippen molar-refractivity contribution in [2.24, 2.45) is 0 Å². The maximum absolute atomic E-state index is 12.8. The van der Waals surface area contributed by atoms with Crippen LogP contribution in [0.25, 0.3) is 17.0 Å². The maximum atomic E-state index is 12.8. The number of aryl methyl sites for hydroxylation is 3. The van der Waals surface area contributed by atoms with Gasteiger partial charge in [0.1, 0.15) is 6.26 Å². The van der Waals surface area contributed by atoms with E-state index in [-0.39, 0.29) is 11.6 Å². The highest BCUT2D eigenvalue weighted by Gasteiger charge is 2.19. The Bertz CT molecular complexity index is 1090. The molecule has 0 bridgehead atoms. The van der Waals surface area contributed by atoms with Crippen LogP contribution in [-0.4, -0.2) is 27.4 Å². The molecule has 3 aromatic rings. The van der Waals surface area contributed by atoms with Gasteiger partial charge in [0.2, 0.25) is 5.89 Å². The van der Waals surface area contributed by atoms with Crippen molar-refractivity contribution in [1.82, 2.24) is 25.8 Å². The van der Waals surface area contributed by atoms with E-state index in [1.807, 2.05) is 39.1 Å². The number of amides is 1. The second-order valence-corrected chi connectivity index (χ2v) is 6.63. The Kier molecular flexibility index (Phi) is 4.62. The summed E-state index contributed by atoms with van der Waals surface area (Å²) in [4.78, 5) is 25.9. The number of pyridine rings is 2. The van der Waals surface area contributed by atoms with E-state index in [4.69, 9.17) is 4.42 Å². The Labute approximate surface area is 162 Å². The number of nitrogens with zero attached hydrogens (tertiary/aromatic N) is 3. The van der Waals surface area contributed by atoms with Crippen LogP contribution in [0.5, 0.6) is 0 Å². The van der Waals surface area contributed by atoms with E-state index in [1.165, 1.54) is 6.26 Å². The molecule has 0 atom stereocenters. The highest BCUT2D eigenvalue weighted by molar-refractivity contribution is 6.04. The molecule has 1 aliphatic rings. The molecule has 0 radical (unpaired) electrons. The van der Waals surface area contributed by atoms with Gasteiger partial charge in [0.15, 0.2) is 5.69 Å². The van der Waals surface area contributed by atoms with E-state index in [2.05, 4.69) is 31.1 Å². The van der Waals surface area contributed by atoms with Crippen molar-refractivity contribution in [3.05, 3.63) is 65.2 Å². The van der Waals surface area contributed by atoms with Crippen LogP contribution in [0, 0.1) is 20.8 Å². The van der Waals surface area contributed by atoms with E-state index in [9.17, 15) is 4.79 Å². The summed E-state index contributed by atoms with van der Waals surface area (Å²) in [5.41, 5.74) is 12.0. The van der Waals surface area contributed by atoms with Gasteiger partial charge in [-0.1, -0.05) is 0 Å². The third-order valence-corrected chi connectivity index (χ3v) is 4.53. The third kappa shape index (κ3) is 3.49. The Morgan fingerprint density at radius 3 is 2.82 bits per heavy atom. The molecule has 4 rings (SSSR count). The van der Waals surface area contributed by atoms with Gasteiger partial charge in [-0.05, 0) is 44.5 Å². The molecule has 0 spiro atoms. The average molecular weight is 376 g/mol. The molecule has 0 unspecified atom stereocenters. The number of rotatable bonds is 4.